The van der Waals surface area contributed by atoms with Crippen LogP contribution < -0.4 is 10.3 Å². The van der Waals surface area contributed by atoms with Crippen molar-refractivity contribution in [2.45, 2.75) is 13.0 Å². The summed E-state index contributed by atoms with van der Waals surface area (Å²) in [7, 11) is 1.60. The first-order chi connectivity index (χ1) is 14.8. The van der Waals surface area contributed by atoms with Crippen molar-refractivity contribution in [3.05, 3.63) is 99.1 Å². The van der Waals surface area contributed by atoms with Crippen molar-refractivity contribution in [1.29, 1.82) is 0 Å². The van der Waals surface area contributed by atoms with Crippen LogP contribution in [-0.2, 0) is 13.5 Å². The molecule has 7 heteroatoms. The Labute approximate surface area is 181 Å². The van der Waals surface area contributed by atoms with Crippen LogP contribution in [0.1, 0.15) is 11.1 Å². The van der Waals surface area contributed by atoms with Gasteiger partial charge in [0.1, 0.15) is 11.6 Å². The van der Waals surface area contributed by atoms with E-state index in [9.17, 15) is 18.0 Å². The monoisotopic (exact) mass is 443 g/mol. The van der Waals surface area contributed by atoms with E-state index in [-0.39, 0.29) is 22.8 Å². The highest BCUT2D eigenvalue weighted by atomic mass is 35.5. The molecule has 0 radical (unpaired) electrons. The van der Waals surface area contributed by atoms with Gasteiger partial charge in [0.2, 0.25) is 0 Å². The molecule has 0 aliphatic heterocycles. The number of fused-ring (bicyclic) bond motifs is 1. The van der Waals surface area contributed by atoms with Gasteiger partial charge in [-0.05, 0) is 41.0 Å². The van der Waals surface area contributed by atoms with Crippen LogP contribution in [0.25, 0.3) is 22.0 Å². The fourth-order valence-electron chi connectivity index (χ4n) is 3.60. The summed E-state index contributed by atoms with van der Waals surface area (Å²) < 4.78 is 45.9. The summed E-state index contributed by atoms with van der Waals surface area (Å²) in [5, 5.41) is 0.465. The second-order valence-corrected chi connectivity index (χ2v) is 7.48. The Morgan fingerprint density at radius 1 is 1.00 bits per heavy atom. The van der Waals surface area contributed by atoms with Crippen LogP contribution in [0.5, 0.6) is 5.75 Å². The minimum Gasteiger partial charge on any atom is -0.434 e. The third-order valence-electron chi connectivity index (χ3n) is 5.14. The van der Waals surface area contributed by atoms with Crippen LogP contribution in [0.3, 0.4) is 0 Å². The molecule has 1 aromatic heterocycles. The molecular weight excluding hydrogens is 427 g/mol. The SMILES string of the molecule is Cn1c(=O)c(Cc2ccc(-c3ccc(F)c(Cl)c3)cc2)c(OC(F)F)c2ccccc21. The maximum atomic E-state index is 13.4. The molecule has 158 valence electrons. The lowest BCUT2D eigenvalue weighted by Crippen LogP contribution is -2.24. The van der Waals surface area contributed by atoms with Gasteiger partial charge in [-0.3, -0.25) is 4.79 Å². The molecule has 0 saturated carbocycles. The normalized spacial score (nSPS) is 11.3. The zero-order chi connectivity index (χ0) is 22.1. The molecule has 3 aromatic carbocycles. The predicted octanol–water partition coefficient (Wildman–Crippen LogP) is 6.19. The van der Waals surface area contributed by atoms with Gasteiger partial charge in [-0.2, -0.15) is 8.78 Å². The lowest BCUT2D eigenvalue weighted by molar-refractivity contribution is -0.0494. The number of nitrogens with zero attached hydrogens (tertiary/aromatic N) is 1. The zero-order valence-electron chi connectivity index (χ0n) is 16.4. The molecular formula is C24H17ClF3NO2. The Kier molecular flexibility index (Phi) is 5.74. The average molecular weight is 444 g/mol. The van der Waals surface area contributed by atoms with Crippen molar-refractivity contribution < 1.29 is 17.9 Å². The van der Waals surface area contributed by atoms with Crippen molar-refractivity contribution >= 4 is 22.5 Å². The molecule has 0 aliphatic rings. The van der Waals surface area contributed by atoms with Crippen LogP contribution in [0.15, 0.2) is 71.5 Å². The van der Waals surface area contributed by atoms with E-state index in [0.717, 1.165) is 16.7 Å². The van der Waals surface area contributed by atoms with Crippen molar-refractivity contribution in [2.75, 3.05) is 0 Å². The van der Waals surface area contributed by atoms with Gasteiger partial charge in [-0.15, -0.1) is 0 Å². The number of para-hydroxylation sites is 1. The van der Waals surface area contributed by atoms with E-state index >= 15 is 0 Å². The number of halogens is 4. The maximum absolute atomic E-state index is 13.4. The standard InChI is InChI=1S/C24H17ClF3NO2/c1-29-21-5-3-2-4-17(21)22(31-24(27)28)18(23(29)30)12-14-6-8-15(9-7-14)16-10-11-20(26)19(25)13-16/h2-11,13,24H,12H2,1H3. The third kappa shape index (κ3) is 4.16. The molecule has 0 aliphatic carbocycles. The summed E-state index contributed by atoms with van der Waals surface area (Å²) in [5.74, 6) is -0.608. The Morgan fingerprint density at radius 3 is 2.35 bits per heavy atom. The number of alkyl halides is 2. The van der Waals surface area contributed by atoms with Gasteiger partial charge < -0.3 is 9.30 Å². The predicted molar refractivity (Wildman–Crippen MR) is 115 cm³/mol. The van der Waals surface area contributed by atoms with E-state index in [2.05, 4.69) is 0 Å². The molecule has 0 atom stereocenters. The van der Waals surface area contributed by atoms with Crippen LogP contribution in [0.4, 0.5) is 13.2 Å². The third-order valence-corrected chi connectivity index (χ3v) is 5.43. The van der Waals surface area contributed by atoms with E-state index in [0.29, 0.717) is 10.9 Å². The first-order valence-electron chi connectivity index (χ1n) is 9.45. The summed E-state index contributed by atoms with van der Waals surface area (Å²) in [4.78, 5) is 12.9. The fourth-order valence-corrected chi connectivity index (χ4v) is 3.78. The van der Waals surface area contributed by atoms with E-state index in [1.54, 1.807) is 61.6 Å². The smallest absolute Gasteiger partial charge is 0.387 e. The lowest BCUT2D eigenvalue weighted by Gasteiger charge is -2.16. The Hall–Kier alpha value is -3.25. The molecule has 1 heterocycles. The van der Waals surface area contributed by atoms with E-state index < -0.39 is 18.0 Å². The molecule has 3 nitrogen and oxygen atoms in total. The van der Waals surface area contributed by atoms with E-state index in [1.807, 2.05) is 0 Å². The minimum atomic E-state index is -3.06. The minimum absolute atomic E-state index is 0.0232. The van der Waals surface area contributed by atoms with Gasteiger partial charge in [-0.25, -0.2) is 4.39 Å². The molecule has 4 rings (SSSR count). The van der Waals surface area contributed by atoms with Crippen LogP contribution >= 0.6 is 11.6 Å². The molecule has 0 fully saturated rings. The fraction of sp³-hybridized carbons (Fsp3) is 0.125. The molecule has 4 aromatic rings. The molecule has 0 bridgehead atoms. The summed E-state index contributed by atoms with van der Waals surface area (Å²) >= 11 is 5.85. The Balaban J connectivity index is 1.75. The van der Waals surface area contributed by atoms with E-state index in [4.69, 9.17) is 16.3 Å². The average Bonchev–Trinajstić information content (AvgIpc) is 2.76. The Morgan fingerprint density at radius 2 is 1.68 bits per heavy atom. The van der Waals surface area contributed by atoms with Gasteiger partial charge in [0.25, 0.3) is 5.56 Å². The summed E-state index contributed by atoms with van der Waals surface area (Å²) in [6.45, 7) is -3.06. The zero-order valence-corrected chi connectivity index (χ0v) is 17.2. The van der Waals surface area contributed by atoms with Crippen molar-refractivity contribution in [2.24, 2.45) is 7.05 Å². The van der Waals surface area contributed by atoms with Gasteiger partial charge in [0.15, 0.2) is 0 Å². The summed E-state index contributed by atoms with van der Waals surface area (Å²) in [6.07, 6.45) is 0.115. The molecule has 0 amide bonds. The van der Waals surface area contributed by atoms with Gasteiger partial charge >= 0.3 is 6.61 Å². The molecule has 31 heavy (non-hydrogen) atoms. The summed E-state index contributed by atoms with van der Waals surface area (Å²) in [6, 6.07) is 18.4. The number of pyridine rings is 1. The largest absolute Gasteiger partial charge is 0.434 e. The highest BCUT2D eigenvalue weighted by Gasteiger charge is 2.20. The van der Waals surface area contributed by atoms with Crippen molar-refractivity contribution in [3.8, 4) is 16.9 Å². The highest BCUT2D eigenvalue weighted by molar-refractivity contribution is 6.31. The number of hydrogen-bond acceptors (Lipinski definition) is 2. The van der Waals surface area contributed by atoms with Crippen LogP contribution in [-0.4, -0.2) is 11.2 Å². The molecule has 0 spiro atoms. The topological polar surface area (TPSA) is 31.2 Å². The van der Waals surface area contributed by atoms with Gasteiger partial charge in [-0.1, -0.05) is 54.1 Å². The van der Waals surface area contributed by atoms with Crippen molar-refractivity contribution in [1.82, 2.24) is 4.57 Å². The number of aryl methyl sites for hydroxylation is 1. The maximum Gasteiger partial charge on any atom is 0.387 e. The first-order valence-corrected chi connectivity index (χ1v) is 9.82. The Bertz CT molecular complexity index is 1320. The number of aromatic nitrogens is 1. The summed E-state index contributed by atoms with van der Waals surface area (Å²) in [5.41, 5.74) is 2.55. The van der Waals surface area contributed by atoms with Gasteiger partial charge in [0.05, 0.1) is 16.1 Å². The highest BCUT2D eigenvalue weighted by Crippen LogP contribution is 2.31. The first kappa shape index (κ1) is 21.0. The molecule has 0 saturated heterocycles. The molecule has 0 unspecified atom stereocenters. The van der Waals surface area contributed by atoms with Crippen LogP contribution in [0, 0.1) is 5.82 Å². The van der Waals surface area contributed by atoms with E-state index in [1.165, 1.54) is 16.7 Å². The van der Waals surface area contributed by atoms with Crippen LogP contribution in [0.2, 0.25) is 5.02 Å². The number of hydrogen-bond donors (Lipinski definition) is 0. The van der Waals surface area contributed by atoms with Crippen molar-refractivity contribution in [3.63, 3.8) is 0 Å². The number of rotatable bonds is 5. The second-order valence-electron chi connectivity index (χ2n) is 7.07. The van der Waals surface area contributed by atoms with Gasteiger partial charge in [0, 0.05) is 18.9 Å². The number of benzene rings is 3. The second kappa shape index (κ2) is 8.47. The number of ether oxygens (including phenoxy) is 1. The molecule has 0 N–H and O–H groups in total. The lowest BCUT2D eigenvalue weighted by atomic mass is 9.99. The quantitative estimate of drug-likeness (QED) is 0.368.